The highest BCUT2D eigenvalue weighted by Gasteiger charge is 2.47. The predicted octanol–water partition coefficient (Wildman–Crippen LogP) is 1.41. The van der Waals surface area contributed by atoms with E-state index in [1.54, 1.807) is 12.4 Å². The van der Waals surface area contributed by atoms with E-state index in [4.69, 9.17) is 0 Å². The van der Waals surface area contributed by atoms with Gasteiger partial charge in [0.25, 0.3) is 0 Å². The van der Waals surface area contributed by atoms with Gasteiger partial charge in [0, 0.05) is 56.0 Å². The van der Waals surface area contributed by atoms with Crippen LogP contribution in [0.25, 0.3) is 11.4 Å². The molecular weight excluding hydrogens is 396 g/mol. The van der Waals surface area contributed by atoms with E-state index in [9.17, 15) is 14.7 Å². The second-order valence-electron chi connectivity index (χ2n) is 8.68. The van der Waals surface area contributed by atoms with Gasteiger partial charge in [-0.25, -0.2) is 4.98 Å². The van der Waals surface area contributed by atoms with Crippen LogP contribution >= 0.6 is 0 Å². The number of hydrogen-bond donors (Lipinski definition) is 2. The highest BCUT2D eigenvalue weighted by molar-refractivity contribution is 5.78. The molecule has 2 N–H and O–H groups in total. The summed E-state index contributed by atoms with van der Waals surface area (Å²) in [5.74, 6) is 1.12. The maximum Gasteiger partial charge on any atom is 0.230 e. The van der Waals surface area contributed by atoms with Crippen LogP contribution in [0, 0.1) is 5.41 Å². The largest absolute Gasteiger partial charge is 0.392 e. The highest BCUT2D eigenvalue weighted by Crippen LogP contribution is 2.39. The lowest BCUT2D eigenvalue weighted by atomic mass is 9.71. The molecule has 2 amide bonds. The van der Waals surface area contributed by atoms with Crippen LogP contribution in [0.4, 0.5) is 0 Å². The fourth-order valence-corrected chi connectivity index (χ4v) is 4.76. The molecule has 4 rings (SSSR count). The lowest BCUT2D eigenvalue weighted by Crippen LogP contribution is -2.60. The zero-order valence-corrected chi connectivity index (χ0v) is 18.0. The number of carbonyl (C=O) groups is 2. The number of rotatable bonds is 5. The molecule has 0 aliphatic carbocycles. The quantitative estimate of drug-likeness (QED) is 0.747. The van der Waals surface area contributed by atoms with E-state index in [1.165, 1.54) is 0 Å². The van der Waals surface area contributed by atoms with Crippen LogP contribution in [-0.4, -0.2) is 79.2 Å². The van der Waals surface area contributed by atoms with Crippen molar-refractivity contribution in [2.75, 3.05) is 26.2 Å². The third kappa shape index (κ3) is 4.61. The van der Waals surface area contributed by atoms with Gasteiger partial charge in [0.2, 0.25) is 11.8 Å². The molecular formula is C22H30N6O3. The minimum Gasteiger partial charge on any atom is -0.392 e. The number of carbonyl (C=O) groups excluding carboxylic acids is 2. The predicted molar refractivity (Wildman–Crippen MR) is 114 cm³/mol. The first-order chi connectivity index (χ1) is 15.0. The number of pyridine rings is 1. The third-order valence-corrected chi connectivity index (χ3v) is 6.43. The molecule has 2 atom stereocenters. The average molecular weight is 427 g/mol. The fraction of sp³-hybridized carbons (Fsp3) is 0.591. The first-order valence-corrected chi connectivity index (χ1v) is 11.1. The van der Waals surface area contributed by atoms with Crippen molar-refractivity contribution in [3.8, 4) is 11.4 Å². The van der Waals surface area contributed by atoms with Crippen molar-refractivity contribution < 1.29 is 14.7 Å². The third-order valence-electron chi connectivity index (χ3n) is 6.43. The highest BCUT2D eigenvalue weighted by atomic mass is 16.3. The summed E-state index contributed by atoms with van der Waals surface area (Å²) in [6.45, 7) is 4.22. The summed E-state index contributed by atoms with van der Waals surface area (Å²) in [7, 11) is 0. The maximum absolute atomic E-state index is 13.0. The summed E-state index contributed by atoms with van der Waals surface area (Å²) in [5, 5.41) is 17.9. The molecule has 166 valence electrons. The molecule has 0 aromatic carbocycles. The molecule has 2 saturated heterocycles. The smallest absolute Gasteiger partial charge is 0.230 e. The second-order valence-corrected chi connectivity index (χ2v) is 8.68. The van der Waals surface area contributed by atoms with Gasteiger partial charge in [-0.1, -0.05) is 6.92 Å². The van der Waals surface area contributed by atoms with Crippen molar-refractivity contribution in [2.45, 2.75) is 51.6 Å². The van der Waals surface area contributed by atoms with E-state index < -0.39 is 11.5 Å². The zero-order valence-electron chi connectivity index (χ0n) is 18.0. The molecule has 2 aliphatic rings. The van der Waals surface area contributed by atoms with Crippen molar-refractivity contribution in [3.05, 3.63) is 30.4 Å². The van der Waals surface area contributed by atoms with Gasteiger partial charge in [0.15, 0.2) is 5.82 Å². The first kappa shape index (κ1) is 21.4. The molecule has 2 aromatic heterocycles. The number of H-pyrrole nitrogens is 1. The van der Waals surface area contributed by atoms with Crippen molar-refractivity contribution in [3.63, 3.8) is 0 Å². The SMILES string of the molecule is CCCC(=O)N1CCC[C@@]2(C1)CN(C(=O)Cc1nc(-c3cccnc3)n[nH]1)CC[C@@H]2O. The van der Waals surface area contributed by atoms with Crippen LogP contribution in [0.3, 0.4) is 0 Å². The Morgan fingerprint density at radius 2 is 2.06 bits per heavy atom. The number of nitrogens with one attached hydrogen (secondary N) is 1. The Balaban J connectivity index is 1.42. The summed E-state index contributed by atoms with van der Waals surface area (Å²) < 4.78 is 0. The topological polar surface area (TPSA) is 115 Å². The number of aliphatic hydroxyl groups is 1. The normalized spacial score (nSPS) is 23.9. The van der Waals surface area contributed by atoms with Crippen LogP contribution in [0.5, 0.6) is 0 Å². The molecule has 0 unspecified atom stereocenters. The van der Waals surface area contributed by atoms with Gasteiger partial charge >= 0.3 is 0 Å². The molecule has 9 heteroatoms. The van der Waals surface area contributed by atoms with Crippen LogP contribution in [-0.2, 0) is 16.0 Å². The summed E-state index contributed by atoms with van der Waals surface area (Å²) in [6, 6.07) is 3.68. The molecule has 4 heterocycles. The van der Waals surface area contributed by atoms with Crippen molar-refractivity contribution >= 4 is 11.8 Å². The molecule has 1 spiro atoms. The fourth-order valence-electron chi connectivity index (χ4n) is 4.76. The summed E-state index contributed by atoms with van der Waals surface area (Å²) >= 11 is 0. The molecule has 9 nitrogen and oxygen atoms in total. The van der Waals surface area contributed by atoms with Gasteiger partial charge in [-0.15, -0.1) is 0 Å². The number of hydrogen-bond acceptors (Lipinski definition) is 6. The Kier molecular flexibility index (Phi) is 6.31. The molecule has 31 heavy (non-hydrogen) atoms. The number of nitrogens with zero attached hydrogens (tertiary/aromatic N) is 5. The Bertz CT molecular complexity index is 917. The minimum atomic E-state index is -0.503. The van der Waals surface area contributed by atoms with E-state index in [-0.39, 0.29) is 18.2 Å². The lowest BCUT2D eigenvalue weighted by Gasteiger charge is -2.51. The summed E-state index contributed by atoms with van der Waals surface area (Å²) in [5.41, 5.74) is 0.342. The van der Waals surface area contributed by atoms with Crippen LogP contribution in [0.1, 0.15) is 44.9 Å². The zero-order chi connectivity index (χ0) is 21.8. The van der Waals surface area contributed by atoms with Crippen molar-refractivity contribution in [1.82, 2.24) is 30.0 Å². The van der Waals surface area contributed by atoms with E-state index in [0.717, 1.165) is 31.4 Å². The molecule has 2 aliphatic heterocycles. The van der Waals surface area contributed by atoms with E-state index >= 15 is 0 Å². The first-order valence-electron chi connectivity index (χ1n) is 11.1. The molecule has 2 fully saturated rings. The maximum atomic E-state index is 13.0. The van der Waals surface area contributed by atoms with E-state index in [2.05, 4.69) is 20.2 Å². The number of piperidine rings is 2. The van der Waals surface area contributed by atoms with Crippen LogP contribution in [0.2, 0.25) is 0 Å². The Morgan fingerprint density at radius 1 is 1.26 bits per heavy atom. The number of amides is 2. The Hall–Kier alpha value is -2.81. The van der Waals surface area contributed by atoms with Gasteiger partial charge in [-0.05, 0) is 37.8 Å². The molecule has 0 radical (unpaired) electrons. The number of aromatic amines is 1. The standard InChI is InChI=1S/C22H30N6O3/c1-2-5-19(30)27-10-4-8-22(14-27)15-28(11-7-17(22)29)20(31)12-18-24-21(26-25-18)16-6-3-9-23-13-16/h3,6,9,13,17,29H,2,4-5,7-8,10-12,14-15H2,1H3,(H,24,25,26)/t17-,22+/m0/s1. The lowest BCUT2D eigenvalue weighted by molar-refractivity contribution is -0.148. The van der Waals surface area contributed by atoms with Gasteiger partial charge in [-0.3, -0.25) is 19.7 Å². The molecule has 0 saturated carbocycles. The van der Waals surface area contributed by atoms with Crippen molar-refractivity contribution in [2.24, 2.45) is 5.41 Å². The van der Waals surface area contributed by atoms with Crippen LogP contribution in [0.15, 0.2) is 24.5 Å². The number of likely N-dealkylation sites (tertiary alicyclic amines) is 2. The van der Waals surface area contributed by atoms with Gasteiger partial charge in [0.1, 0.15) is 5.82 Å². The summed E-state index contributed by atoms with van der Waals surface area (Å²) in [6.07, 6.45) is 6.52. The monoisotopic (exact) mass is 426 g/mol. The van der Waals surface area contributed by atoms with Crippen molar-refractivity contribution in [1.29, 1.82) is 0 Å². The van der Waals surface area contributed by atoms with Crippen LogP contribution < -0.4 is 0 Å². The second kappa shape index (κ2) is 9.13. The Labute approximate surface area is 181 Å². The van der Waals surface area contributed by atoms with E-state index in [1.807, 2.05) is 28.9 Å². The molecule has 0 bridgehead atoms. The number of aromatic nitrogens is 4. The van der Waals surface area contributed by atoms with Gasteiger partial charge in [-0.2, -0.15) is 5.10 Å². The van der Waals surface area contributed by atoms with Gasteiger partial charge < -0.3 is 14.9 Å². The molecule has 2 aromatic rings. The Morgan fingerprint density at radius 3 is 2.81 bits per heavy atom. The summed E-state index contributed by atoms with van der Waals surface area (Å²) in [4.78, 5) is 37.7. The van der Waals surface area contributed by atoms with Gasteiger partial charge in [0.05, 0.1) is 12.5 Å². The van der Waals surface area contributed by atoms with E-state index in [0.29, 0.717) is 44.1 Å². The minimum absolute atomic E-state index is 0.0443. The number of aliphatic hydroxyl groups excluding tert-OH is 1. The average Bonchev–Trinajstić information content (AvgIpc) is 3.25.